The van der Waals surface area contributed by atoms with Crippen molar-refractivity contribution in [3.8, 4) is 5.75 Å². The Balaban J connectivity index is 1.97. The smallest absolute Gasteiger partial charge is 0.262 e. The number of halogens is 1. The second-order valence-corrected chi connectivity index (χ2v) is 6.22. The van der Waals surface area contributed by atoms with E-state index >= 15 is 0 Å². The van der Waals surface area contributed by atoms with Crippen LogP contribution in [0.15, 0.2) is 52.0 Å². The summed E-state index contributed by atoms with van der Waals surface area (Å²) in [5.41, 5.74) is 5.32. The minimum atomic E-state index is -0.410. The van der Waals surface area contributed by atoms with Crippen molar-refractivity contribution in [2.45, 2.75) is 19.9 Å². The molecule has 0 spiro atoms. The summed E-state index contributed by atoms with van der Waals surface area (Å²) in [7, 11) is 1.59. The van der Waals surface area contributed by atoms with Crippen LogP contribution in [-0.4, -0.2) is 25.3 Å². The first kappa shape index (κ1) is 18.0. The van der Waals surface area contributed by atoms with Crippen LogP contribution in [0.2, 0.25) is 0 Å². The number of hydrazone groups is 1. The molecule has 1 amide bonds. The predicted octanol–water partition coefficient (Wildman–Crippen LogP) is 3.72. The topological polar surface area (TPSA) is 62.7 Å². The lowest BCUT2D eigenvalue weighted by Gasteiger charge is -2.15. The molecule has 0 heterocycles. The number of nitrogens with zero attached hydrogens (tertiary/aromatic N) is 1. The predicted molar refractivity (Wildman–Crippen MR) is 101 cm³/mol. The van der Waals surface area contributed by atoms with E-state index in [1.54, 1.807) is 20.2 Å². The third-order valence-corrected chi connectivity index (χ3v) is 3.97. The largest absolute Gasteiger partial charge is 0.496 e. The van der Waals surface area contributed by atoms with Gasteiger partial charge in [-0.15, -0.1) is 0 Å². The van der Waals surface area contributed by atoms with Gasteiger partial charge < -0.3 is 10.1 Å². The van der Waals surface area contributed by atoms with E-state index in [4.69, 9.17) is 4.74 Å². The number of ether oxygens (including phenoxy) is 1. The Hall–Kier alpha value is -2.34. The number of carbonyl (C=O) groups is 1. The number of benzene rings is 2. The van der Waals surface area contributed by atoms with Crippen molar-refractivity contribution in [1.29, 1.82) is 0 Å². The molecule has 0 saturated carbocycles. The molecular formula is C18H20BrN3O2. The molecule has 2 rings (SSSR count). The number of anilines is 1. The average Bonchev–Trinajstić information content (AvgIpc) is 2.57. The molecule has 1 atom stereocenters. The highest BCUT2D eigenvalue weighted by Crippen LogP contribution is 2.21. The molecule has 126 valence electrons. The number of hydrogen-bond acceptors (Lipinski definition) is 4. The van der Waals surface area contributed by atoms with E-state index in [0.717, 1.165) is 21.3 Å². The summed E-state index contributed by atoms with van der Waals surface area (Å²) in [6.45, 7) is 3.78. The van der Waals surface area contributed by atoms with E-state index in [2.05, 4.69) is 31.8 Å². The first-order chi connectivity index (χ1) is 11.5. The minimum absolute atomic E-state index is 0.219. The normalized spacial score (nSPS) is 12.0. The molecule has 0 unspecified atom stereocenters. The molecule has 0 fully saturated rings. The molecule has 6 heteroatoms. The van der Waals surface area contributed by atoms with Crippen molar-refractivity contribution in [1.82, 2.24) is 5.43 Å². The summed E-state index contributed by atoms with van der Waals surface area (Å²) in [5, 5.41) is 7.18. The lowest BCUT2D eigenvalue weighted by atomic mass is 10.2. The minimum Gasteiger partial charge on any atom is -0.496 e. The molecule has 0 bridgehead atoms. The lowest BCUT2D eigenvalue weighted by molar-refractivity contribution is -0.121. The van der Waals surface area contributed by atoms with Crippen molar-refractivity contribution >= 4 is 33.7 Å². The Morgan fingerprint density at radius 2 is 2.04 bits per heavy atom. The zero-order chi connectivity index (χ0) is 17.5. The number of amides is 1. The van der Waals surface area contributed by atoms with E-state index in [9.17, 15) is 4.79 Å². The van der Waals surface area contributed by atoms with Crippen molar-refractivity contribution in [2.75, 3.05) is 12.4 Å². The highest BCUT2D eigenvalue weighted by molar-refractivity contribution is 9.10. The number of aryl methyl sites for hydroxylation is 1. The van der Waals surface area contributed by atoms with Gasteiger partial charge in [-0.2, -0.15) is 5.10 Å². The van der Waals surface area contributed by atoms with Crippen LogP contribution in [-0.2, 0) is 4.79 Å². The summed E-state index contributed by atoms with van der Waals surface area (Å²) in [4.78, 5) is 12.1. The molecule has 5 nitrogen and oxygen atoms in total. The molecule has 0 aliphatic carbocycles. The number of methoxy groups -OCH3 is 1. The highest BCUT2D eigenvalue weighted by Gasteiger charge is 2.12. The van der Waals surface area contributed by atoms with Crippen LogP contribution in [0.25, 0.3) is 0 Å². The fourth-order valence-electron chi connectivity index (χ4n) is 2.10. The molecule has 0 radical (unpaired) electrons. The van der Waals surface area contributed by atoms with Crippen LogP contribution < -0.4 is 15.5 Å². The van der Waals surface area contributed by atoms with Crippen LogP contribution in [0.5, 0.6) is 5.75 Å². The maximum Gasteiger partial charge on any atom is 0.262 e. The van der Waals surface area contributed by atoms with Gasteiger partial charge in [0.2, 0.25) is 0 Å². The van der Waals surface area contributed by atoms with Crippen LogP contribution in [0, 0.1) is 6.92 Å². The van der Waals surface area contributed by atoms with Gasteiger partial charge in [0.25, 0.3) is 5.91 Å². The molecule has 2 aromatic rings. The van der Waals surface area contributed by atoms with E-state index < -0.39 is 6.04 Å². The fourth-order valence-corrected chi connectivity index (χ4v) is 2.48. The molecule has 0 aromatic heterocycles. The van der Waals surface area contributed by atoms with Crippen LogP contribution in [0.4, 0.5) is 5.69 Å². The zero-order valence-corrected chi connectivity index (χ0v) is 15.4. The maximum absolute atomic E-state index is 12.1. The van der Waals surface area contributed by atoms with E-state index in [0.29, 0.717) is 5.75 Å². The summed E-state index contributed by atoms with van der Waals surface area (Å²) in [6, 6.07) is 13.0. The Kier molecular flexibility index (Phi) is 6.37. The Morgan fingerprint density at radius 3 is 2.75 bits per heavy atom. The van der Waals surface area contributed by atoms with E-state index in [-0.39, 0.29) is 5.91 Å². The Morgan fingerprint density at radius 1 is 1.29 bits per heavy atom. The third-order valence-electron chi connectivity index (χ3n) is 3.48. The lowest BCUT2D eigenvalue weighted by Crippen LogP contribution is -2.35. The van der Waals surface area contributed by atoms with Gasteiger partial charge in [0.15, 0.2) is 0 Å². The fraction of sp³-hybridized carbons (Fsp3) is 0.222. The first-order valence-corrected chi connectivity index (χ1v) is 8.29. The monoisotopic (exact) mass is 389 g/mol. The van der Waals surface area contributed by atoms with Crippen LogP contribution >= 0.6 is 15.9 Å². The Labute approximate surface area is 150 Å². The molecule has 0 aliphatic rings. The molecule has 0 aliphatic heterocycles. The van der Waals surface area contributed by atoms with Gasteiger partial charge in [0.05, 0.1) is 13.3 Å². The van der Waals surface area contributed by atoms with Crippen molar-refractivity contribution in [2.24, 2.45) is 5.10 Å². The van der Waals surface area contributed by atoms with E-state index in [1.165, 1.54) is 0 Å². The van der Waals surface area contributed by atoms with E-state index in [1.807, 2.05) is 49.4 Å². The molecule has 0 saturated heterocycles. The van der Waals surface area contributed by atoms with Gasteiger partial charge in [0.1, 0.15) is 11.8 Å². The summed E-state index contributed by atoms with van der Waals surface area (Å²) >= 11 is 3.40. The van der Waals surface area contributed by atoms with Gasteiger partial charge in [-0.1, -0.05) is 34.1 Å². The standard InChI is InChI=1S/C18H20BrN3O2/c1-12-6-4-5-7-16(12)21-13(2)18(23)22-20-11-14-10-15(19)8-9-17(14)24-3/h4-11,13,21H,1-3H3,(H,22,23)/b20-11-/t13-/m0/s1. The van der Waals surface area contributed by atoms with Gasteiger partial charge in [0, 0.05) is 15.7 Å². The first-order valence-electron chi connectivity index (χ1n) is 7.50. The number of rotatable bonds is 6. The summed E-state index contributed by atoms with van der Waals surface area (Å²) < 4.78 is 6.17. The highest BCUT2D eigenvalue weighted by atomic mass is 79.9. The molecular weight excluding hydrogens is 370 g/mol. The number of hydrogen-bond donors (Lipinski definition) is 2. The zero-order valence-electron chi connectivity index (χ0n) is 13.8. The second kappa shape index (κ2) is 8.49. The van der Waals surface area contributed by atoms with Crippen molar-refractivity contribution in [3.05, 3.63) is 58.1 Å². The number of nitrogens with one attached hydrogen (secondary N) is 2. The van der Waals surface area contributed by atoms with Gasteiger partial charge in [-0.3, -0.25) is 4.79 Å². The average molecular weight is 390 g/mol. The number of carbonyl (C=O) groups excluding carboxylic acids is 1. The van der Waals surface area contributed by atoms with Crippen molar-refractivity contribution < 1.29 is 9.53 Å². The maximum atomic E-state index is 12.1. The molecule has 24 heavy (non-hydrogen) atoms. The number of para-hydroxylation sites is 1. The van der Waals surface area contributed by atoms with Gasteiger partial charge in [-0.05, 0) is 43.7 Å². The van der Waals surface area contributed by atoms with Crippen LogP contribution in [0.1, 0.15) is 18.1 Å². The summed E-state index contributed by atoms with van der Waals surface area (Å²) in [6.07, 6.45) is 1.56. The van der Waals surface area contributed by atoms with Gasteiger partial charge >= 0.3 is 0 Å². The van der Waals surface area contributed by atoms with Crippen molar-refractivity contribution in [3.63, 3.8) is 0 Å². The quantitative estimate of drug-likeness (QED) is 0.584. The van der Waals surface area contributed by atoms with Crippen LogP contribution in [0.3, 0.4) is 0 Å². The molecule has 2 aromatic carbocycles. The summed E-state index contributed by atoms with van der Waals surface area (Å²) in [5.74, 6) is 0.464. The Bertz CT molecular complexity index is 747. The SMILES string of the molecule is COc1ccc(Br)cc1/C=N\NC(=O)[C@H](C)Nc1ccccc1C. The molecule has 2 N–H and O–H groups in total. The third kappa shape index (κ3) is 4.83. The second-order valence-electron chi connectivity index (χ2n) is 5.30. The van der Waals surface area contributed by atoms with Gasteiger partial charge in [-0.25, -0.2) is 5.43 Å².